The summed E-state index contributed by atoms with van der Waals surface area (Å²) >= 11 is 1.52. The highest BCUT2D eigenvalue weighted by Gasteiger charge is 2.34. The van der Waals surface area contributed by atoms with E-state index in [1.54, 1.807) is 13.0 Å². The summed E-state index contributed by atoms with van der Waals surface area (Å²) in [6, 6.07) is 4.52. The molecule has 21 heavy (non-hydrogen) atoms. The second kappa shape index (κ2) is 6.80. The number of halogens is 1. The molecule has 1 aliphatic rings. The van der Waals surface area contributed by atoms with Gasteiger partial charge in [0.2, 0.25) is 0 Å². The maximum absolute atomic E-state index is 13.3. The van der Waals surface area contributed by atoms with Crippen LogP contribution in [0.15, 0.2) is 24.3 Å². The number of benzene rings is 1. The number of amides is 2. The van der Waals surface area contributed by atoms with Gasteiger partial charge >= 0.3 is 12.0 Å². The van der Waals surface area contributed by atoms with E-state index in [0.717, 1.165) is 0 Å². The molecule has 1 heterocycles. The van der Waals surface area contributed by atoms with Crippen molar-refractivity contribution in [1.82, 2.24) is 4.90 Å². The van der Waals surface area contributed by atoms with E-state index in [1.807, 2.05) is 0 Å². The second-order valence-electron chi connectivity index (χ2n) is 4.63. The number of carbonyl (C=O) groups is 2. The number of anilines is 1. The van der Waals surface area contributed by atoms with E-state index in [2.05, 4.69) is 0 Å². The molecule has 2 rings (SSSR count). The van der Waals surface area contributed by atoms with Gasteiger partial charge in [0.05, 0.1) is 0 Å². The molecule has 0 bridgehead atoms. The van der Waals surface area contributed by atoms with E-state index < -0.39 is 23.9 Å². The summed E-state index contributed by atoms with van der Waals surface area (Å²) in [7, 11) is 0. The van der Waals surface area contributed by atoms with Gasteiger partial charge in [-0.2, -0.15) is 11.8 Å². The molecule has 1 unspecified atom stereocenters. The Hall–Kier alpha value is -1.76. The monoisotopic (exact) mass is 312 g/mol. The molecular weight excluding hydrogens is 295 g/mol. The second-order valence-corrected chi connectivity index (χ2v) is 5.78. The Morgan fingerprint density at radius 1 is 1.52 bits per heavy atom. The average molecular weight is 312 g/mol. The summed E-state index contributed by atoms with van der Waals surface area (Å²) in [6.07, 6.45) is 0. The first-order valence-corrected chi connectivity index (χ1v) is 7.84. The largest absolute Gasteiger partial charge is 0.480 e. The molecule has 1 fully saturated rings. The molecule has 1 aromatic rings. The molecule has 2 amide bonds. The van der Waals surface area contributed by atoms with Crippen LogP contribution in [0.4, 0.5) is 14.9 Å². The standard InChI is InChI=1S/C14H17FN2O3S/c1-2-16(11-5-3-4-10(15)8-11)14(20)17-6-7-21-9-12(17)13(18)19/h3-5,8,12H,2,6-7,9H2,1H3,(H,18,19). The number of rotatable bonds is 3. The maximum Gasteiger partial charge on any atom is 0.327 e. The summed E-state index contributed by atoms with van der Waals surface area (Å²) in [5, 5.41) is 9.24. The smallest absolute Gasteiger partial charge is 0.327 e. The van der Waals surface area contributed by atoms with Crippen LogP contribution < -0.4 is 4.90 Å². The Morgan fingerprint density at radius 3 is 2.90 bits per heavy atom. The summed E-state index contributed by atoms with van der Waals surface area (Å²) in [4.78, 5) is 26.6. The third-order valence-electron chi connectivity index (χ3n) is 3.33. The first-order valence-electron chi connectivity index (χ1n) is 6.69. The Morgan fingerprint density at radius 2 is 2.29 bits per heavy atom. The van der Waals surface area contributed by atoms with Crippen LogP contribution in [0.3, 0.4) is 0 Å². The number of thioether (sulfide) groups is 1. The molecule has 114 valence electrons. The van der Waals surface area contributed by atoms with Gasteiger partial charge in [-0.1, -0.05) is 6.07 Å². The fourth-order valence-electron chi connectivity index (χ4n) is 2.26. The SMILES string of the molecule is CCN(C(=O)N1CCSCC1C(=O)O)c1cccc(F)c1. The number of hydrogen-bond acceptors (Lipinski definition) is 3. The minimum Gasteiger partial charge on any atom is -0.480 e. The van der Waals surface area contributed by atoms with Crippen molar-refractivity contribution in [3.8, 4) is 0 Å². The molecule has 1 atom stereocenters. The van der Waals surface area contributed by atoms with E-state index in [-0.39, 0.29) is 0 Å². The molecular formula is C14H17FN2O3S. The van der Waals surface area contributed by atoms with Crippen LogP contribution in [0.5, 0.6) is 0 Å². The Kier molecular flexibility index (Phi) is 5.06. The third-order valence-corrected chi connectivity index (χ3v) is 4.35. The predicted molar refractivity (Wildman–Crippen MR) is 80.3 cm³/mol. The number of carboxylic acids is 1. The molecule has 1 aliphatic heterocycles. The van der Waals surface area contributed by atoms with Crippen molar-refractivity contribution in [3.05, 3.63) is 30.1 Å². The van der Waals surface area contributed by atoms with Crippen molar-refractivity contribution in [3.63, 3.8) is 0 Å². The predicted octanol–water partition coefficient (Wildman–Crippen LogP) is 2.27. The average Bonchev–Trinajstić information content (AvgIpc) is 2.48. The summed E-state index contributed by atoms with van der Waals surface area (Å²) in [6.45, 7) is 2.50. The molecule has 0 spiro atoms. The van der Waals surface area contributed by atoms with E-state index in [0.29, 0.717) is 30.3 Å². The van der Waals surface area contributed by atoms with Gasteiger partial charge < -0.3 is 10.0 Å². The number of carbonyl (C=O) groups excluding carboxylic acids is 1. The van der Waals surface area contributed by atoms with E-state index >= 15 is 0 Å². The lowest BCUT2D eigenvalue weighted by Crippen LogP contribution is -2.55. The van der Waals surface area contributed by atoms with Crippen LogP contribution >= 0.6 is 11.8 Å². The van der Waals surface area contributed by atoms with Gasteiger partial charge in [-0.3, -0.25) is 4.90 Å². The summed E-state index contributed by atoms with van der Waals surface area (Å²) < 4.78 is 13.3. The lowest BCUT2D eigenvalue weighted by molar-refractivity contribution is -0.141. The Labute approximate surface area is 126 Å². The van der Waals surface area contributed by atoms with Crippen molar-refractivity contribution in [1.29, 1.82) is 0 Å². The topological polar surface area (TPSA) is 60.9 Å². The minimum absolute atomic E-state index is 0.346. The highest BCUT2D eigenvalue weighted by molar-refractivity contribution is 7.99. The van der Waals surface area contributed by atoms with Crippen molar-refractivity contribution >= 4 is 29.4 Å². The fourth-order valence-corrected chi connectivity index (χ4v) is 3.30. The molecule has 0 aromatic heterocycles. The molecule has 0 saturated carbocycles. The zero-order valence-corrected chi connectivity index (χ0v) is 12.5. The van der Waals surface area contributed by atoms with Crippen LogP contribution in [-0.2, 0) is 4.79 Å². The fraction of sp³-hybridized carbons (Fsp3) is 0.429. The Bertz CT molecular complexity index is 541. The molecule has 5 nitrogen and oxygen atoms in total. The molecule has 1 saturated heterocycles. The number of urea groups is 1. The number of aliphatic carboxylic acids is 1. The van der Waals surface area contributed by atoms with Crippen molar-refractivity contribution < 1.29 is 19.1 Å². The summed E-state index contributed by atoms with van der Waals surface area (Å²) in [5.74, 6) is -0.355. The van der Waals surface area contributed by atoms with Crippen LogP contribution in [0.2, 0.25) is 0 Å². The lowest BCUT2D eigenvalue weighted by atomic mass is 10.2. The van der Waals surface area contributed by atoms with Gasteiger partial charge in [-0.25, -0.2) is 14.0 Å². The van der Waals surface area contributed by atoms with Crippen LogP contribution in [0.1, 0.15) is 6.92 Å². The molecule has 0 radical (unpaired) electrons. The highest BCUT2D eigenvalue weighted by Crippen LogP contribution is 2.22. The molecule has 0 aliphatic carbocycles. The minimum atomic E-state index is -1.01. The van der Waals surface area contributed by atoms with E-state index in [9.17, 15) is 19.1 Å². The van der Waals surface area contributed by atoms with Gasteiger partial charge in [-0.15, -0.1) is 0 Å². The first-order chi connectivity index (χ1) is 10.0. The first kappa shape index (κ1) is 15.6. The lowest BCUT2D eigenvalue weighted by Gasteiger charge is -2.36. The highest BCUT2D eigenvalue weighted by atomic mass is 32.2. The van der Waals surface area contributed by atoms with Crippen molar-refractivity contribution in [2.45, 2.75) is 13.0 Å². The molecule has 1 N–H and O–H groups in total. The van der Waals surface area contributed by atoms with Gasteiger partial charge in [0, 0.05) is 30.3 Å². The van der Waals surface area contributed by atoms with Gasteiger partial charge in [0.15, 0.2) is 0 Å². The van der Waals surface area contributed by atoms with Crippen LogP contribution in [-0.4, -0.2) is 52.6 Å². The number of carboxylic acid groups (broad SMARTS) is 1. The summed E-state index contributed by atoms with van der Waals surface area (Å²) in [5.41, 5.74) is 0.435. The number of nitrogens with zero attached hydrogens (tertiary/aromatic N) is 2. The van der Waals surface area contributed by atoms with E-state index in [1.165, 1.54) is 39.8 Å². The van der Waals surface area contributed by atoms with Crippen molar-refractivity contribution in [2.75, 3.05) is 29.5 Å². The van der Waals surface area contributed by atoms with Gasteiger partial charge in [0.25, 0.3) is 0 Å². The normalized spacial score (nSPS) is 18.4. The number of hydrogen-bond donors (Lipinski definition) is 1. The van der Waals surface area contributed by atoms with Gasteiger partial charge in [0.1, 0.15) is 11.9 Å². The maximum atomic E-state index is 13.3. The van der Waals surface area contributed by atoms with Gasteiger partial charge in [-0.05, 0) is 25.1 Å². The molecule has 7 heteroatoms. The quantitative estimate of drug-likeness (QED) is 0.930. The van der Waals surface area contributed by atoms with E-state index in [4.69, 9.17) is 0 Å². The zero-order chi connectivity index (χ0) is 15.4. The Balaban J connectivity index is 2.24. The third kappa shape index (κ3) is 3.47. The molecule has 1 aromatic carbocycles. The van der Waals surface area contributed by atoms with Crippen LogP contribution in [0.25, 0.3) is 0 Å². The van der Waals surface area contributed by atoms with Crippen molar-refractivity contribution in [2.24, 2.45) is 0 Å². The van der Waals surface area contributed by atoms with Crippen LogP contribution in [0, 0.1) is 5.82 Å². The zero-order valence-electron chi connectivity index (χ0n) is 11.7.